The Morgan fingerprint density at radius 1 is 1.50 bits per heavy atom. The van der Waals surface area contributed by atoms with Gasteiger partial charge in [-0.2, -0.15) is 5.26 Å². The van der Waals surface area contributed by atoms with Crippen molar-refractivity contribution in [2.24, 2.45) is 0 Å². The lowest BCUT2D eigenvalue weighted by Gasteiger charge is -2.06. The maximum Gasteiger partial charge on any atom is 0.335 e. The van der Waals surface area contributed by atoms with Crippen molar-refractivity contribution in [2.75, 3.05) is 0 Å². The van der Waals surface area contributed by atoms with Crippen LogP contribution in [-0.2, 0) is 0 Å². The zero-order chi connectivity index (χ0) is 10.6. The molecule has 0 fully saturated rings. The van der Waals surface area contributed by atoms with E-state index < -0.39 is 12.1 Å². The molecule has 1 atom stereocenters. The van der Waals surface area contributed by atoms with E-state index in [1.807, 2.05) is 6.07 Å². The molecule has 0 aliphatic rings. The predicted octanol–water partition coefficient (Wildman–Crippen LogP) is 1.68. The number of benzene rings is 1. The number of carboxylic acids is 1. The van der Waals surface area contributed by atoms with Crippen molar-refractivity contribution in [2.45, 2.75) is 13.0 Å². The highest BCUT2D eigenvalue weighted by atomic mass is 16.5. The van der Waals surface area contributed by atoms with E-state index in [2.05, 4.69) is 0 Å². The topological polar surface area (TPSA) is 70.3 Å². The molecule has 0 amide bonds. The van der Waals surface area contributed by atoms with Gasteiger partial charge in [0.15, 0.2) is 6.10 Å². The molecular formula is C10H9NO3. The van der Waals surface area contributed by atoms with Crippen LogP contribution in [0.3, 0.4) is 0 Å². The quantitative estimate of drug-likeness (QED) is 0.788. The Labute approximate surface area is 81.4 Å². The molecule has 1 aromatic carbocycles. The first-order valence-electron chi connectivity index (χ1n) is 4.03. The second-order valence-corrected chi connectivity index (χ2v) is 2.72. The molecular weight excluding hydrogens is 182 g/mol. The van der Waals surface area contributed by atoms with Gasteiger partial charge in [-0.1, -0.05) is 0 Å². The van der Waals surface area contributed by atoms with Gasteiger partial charge in [0.25, 0.3) is 0 Å². The number of nitriles is 1. The summed E-state index contributed by atoms with van der Waals surface area (Å²) in [5.74, 6) is -0.492. The maximum atomic E-state index is 10.5. The van der Waals surface area contributed by atoms with Crippen LogP contribution in [0.2, 0.25) is 0 Å². The number of rotatable bonds is 3. The minimum absolute atomic E-state index is 0.196. The van der Waals surface area contributed by atoms with Crippen LogP contribution in [0.1, 0.15) is 17.3 Å². The van der Waals surface area contributed by atoms with Crippen LogP contribution < -0.4 is 4.74 Å². The average Bonchev–Trinajstić information content (AvgIpc) is 2.18. The number of nitrogens with zero attached hydrogens (tertiary/aromatic N) is 1. The summed E-state index contributed by atoms with van der Waals surface area (Å²) in [5, 5.41) is 17.1. The molecule has 4 heteroatoms. The second-order valence-electron chi connectivity index (χ2n) is 2.72. The molecule has 0 aromatic heterocycles. The van der Waals surface area contributed by atoms with Crippen molar-refractivity contribution >= 4 is 5.97 Å². The summed E-state index contributed by atoms with van der Waals surface area (Å²) in [5.41, 5.74) is 0.196. The van der Waals surface area contributed by atoms with Crippen molar-refractivity contribution in [1.29, 1.82) is 5.26 Å². The molecule has 0 heterocycles. The highest BCUT2D eigenvalue weighted by molar-refractivity contribution is 5.87. The lowest BCUT2D eigenvalue weighted by atomic mass is 10.2. The molecule has 14 heavy (non-hydrogen) atoms. The van der Waals surface area contributed by atoms with Gasteiger partial charge in [-0.05, 0) is 31.2 Å². The van der Waals surface area contributed by atoms with Gasteiger partial charge in [0.2, 0.25) is 0 Å². The van der Waals surface area contributed by atoms with Crippen molar-refractivity contribution in [1.82, 2.24) is 0 Å². The molecule has 1 aromatic rings. The highest BCUT2D eigenvalue weighted by Gasteiger charge is 2.04. The zero-order valence-corrected chi connectivity index (χ0v) is 7.60. The van der Waals surface area contributed by atoms with Gasteiger partial charge in [-0.15, -0.1) is 0 Å². The fraction of sp³-hybridized carbons (Fsp3) is 0.200. The molecule has 0 aliphatic carbocycles. The monoisotopic (exact) mass is 191 g/mol. The lowest BCUT2D eigenvalue weighted by molar-refractivity contribution is 0.0697. The third-order valence-electron chi connectivity index (χ3n) is 1.60. The molecule has 1 unspecified atom stereocenters. The van der Waals surface area contributed by atoms with Gasteiger partial charge in [0, 0.05) is 0 Å². The van der Waals surface area contributed by atoms with Crippen molar-refractivity contribution in [3.8, 4) is 11.8 Å². The van der Waals surface area contributed by atoms with E-state index in [9.17, 15) is 4.79 Å². The van der Waals surface area contributed by atoms with Gasteiger partial charge in [-0.3, -0.25) is 0 Å². The van der Waals surface area contributed by atoms with E-state index in [0.29, 0.717) is 5.75 Å². The summed E-state index contributed by atoms with van der Waals surface area (Å²) in [6.07, 6.45) is -0.536. The lowest BCUT2D eigenvalue weighted by Crippen LogP contribution is -2.08. The smallest absolute Gasteiger partial charge is 0.335 e. The Kier molecular flexibility index (Phi) is 3.08. The Hall–Kier alpha value is -2.02. The molecule has 1 N–H and O–H groups in total. The van der Waals surface area contributed by atoms with Crippen LogP contribution >= 0.6 is 0 Å². The third-order valence-corrected chi connectivity index (χ3v) is 1.60. The van der Waals surface area contributed by atoms with Crippen molar-refractivity contribution < 1.29 is 14.6 Å². The van der Waals surface area contributed by atoms with E-state index in [1.54, 1.807) is 6.92 Å². The SMILES string of the molecule is CC(C#N)Oc1ccc(C(=O)O)cc1. The molecule has 1 rings (SSSR count). The van der Waals surface area contributed by atoms with E-state index >= 15 is 0 Å². The predicted molar refractivity (Wildman–Crippen MR) is 49.1 cm³/mol. The third kappa shape index (κ3) is 2.49. The Balaban J connectivity index is 2.75. The minimum atomic E-state index is -0.982. The van der Waals surface area contributed by atoms with Crippen molar-refractivity contribution in [3.05, 3.63) is 29.8 Å². The highest BCUT2D eigenvalue weighted by Crippen LogP contribution is 2.13. The Bertz CT molecular complexity index is 364. The molecule has 72 valence electrons. The molecule has 0 aliphatic heterocycles. The van der Waals surface area contributed by atoms with E-state index in [-0.39, 0.29) is 5.56 Å². The Morgan fingerprint density at radius 3 is 2.50 bits per heavy atom. The maximum absolute atomic E-state index is 10.5. The first-order valence-corrected chi connectivity index (χ1v) is 4.03. The van der Waals surface area contributed by atoms with Gasteiger partial charge < -0.3 is 9.84 Å². The number of carbonyl (C=O) groups is 1. The number of ether oxygens (including phenoxy) is 1. The first kappa shape index (κ1) is 10.1. The minimum Gasteiger partial charge on any atom is -0.478 e. The van der Waals surface area contributed by atoms with Gasteiger partial charge in [0.1, 0.15) is 11.8 Å². The second kappa shape index (κ2) is 4.28. The van der Waals surface area contributed by atoms with Crippen LogP contribution in [0, 0.1) is 11.3 Å². The molecule has 4 nitrogen and oxygen atoms in total. The summed E-state index contributed by atoms with van der Waals surface area (Å²) in [4.78, 5) is 10.5. The standard InChI is InChI=1S/C10H9NO3/c1-7(6-11)14-9-4-2-8(3-5-9)10(12)13/h2-5,7H,1H3,(H,12,13). The normalized spacial score (nSPS) is 11.4. The van der Waals surface area contributed by atoms with E-state index in [1.165, 1.54) is 24.3 Å². The summed E-state index contributed by atoms with van der Waals surface area (Å²) < 4.78 is 5.14. The van der Waals surface area contributed by atoms with Crippen LogP contribution in [0.15, 0.2) is 24.3 Å². The summed E-state index contributed by atoms with van der Waals surface area (Å²) in [6, 6.07) is 7.83. The molecule has 0 radical (unpaired) electrons. The fourth-order valence-electron chi connectivity index (χ4n) is 0.907. The number of hydrogen-bond acceptors (Lipinski definition) is 3. The molecule has 0 spiro atoms. The zero-order valence-electron chi connectivity index (χ0n) is 7.60. The molecule has 0 bridgehead atoms. The first-order chi connectivity index (χ1) is 6.63. The van der Waals surface area contributed by atoms with Gasteiger partial charge in [-0.25, -0.2) is 4.79 Å². The van der Waals surface area contributed by atoms with Crippen LogP contribution in [0.25, 0.3) is 0 Å². The summed E-state index contributed by atoms with van der Waals surface area (Å²) >= 11 is 0. The number of carboxylic acid groups (broad SMARTS) is 1. The van der Waals surface area contributed by atoms with Gasteiger partial charge in [0.05, 0.1) is 5.56 Å². The van der Waals surface area contributed by atoms with Crippen LogP contribution in [0.5, 0.6) is 5.75 Å². The largest absolute Gasteiger partial charge is 0.478 e. The number of hydrogen-bond donors (Lipinski definition) is 1. The van der Waals surface area contributed by atoms with E-state index in [0.717, 1.165) is 0 Å². The number of aromatic carboxylic acids is 1. The Morgan fingerprint density at radius 2 is 2.07 bits per heavy atom. The summed E-state index contributed by atoms with van der Waals surface area (Å²) in [6.45, 7) is 1.62. The van der Waals surface area contributed by atoms with Crippen molar-refractivity contribution in [3.63, 3.8) is 0 Å². The fourth-order valence-corrected chi connectivity index (χ4v) is 0.907. The van der Waals surface area contributed by atoms with Crippen LogP contribution in [-0.4, -0.2) is 17.2 Å². The van der Waals surface area contributed by atoms with Gasteiger partial charge >= 0.3 is 5.97 Å². The van der Waals surface area contributed by atoms with Crippen LogP contribution in [0.4, 0.5) is 0 Å². The molecule has 0 saturated carbocycles. The molecule has 0 saturated heterocycles. The summed E-state index contributed by atoms with van der Waals surface area (Å²) in [7, 11) is 0. The van der Waals surface area contributed by atoms with E-state index in [4.69, 9.17) is 15.1 Å². The average molecular weight is 191 g/mol.